The van der Waals surface area contributed by atoms with Gasteiger partial charge in [-0.25, -0.2) is 0 Å². The average Bonchev–Trinajstić information content (AvgIpc) is 3.08. The number of carbonyl (C=O) groups excluding carboxylic acids is 2. The van der Waals surface area contributed by atoms with Gasteiger partial charge in [-0.3, -0.25) is 14.4 Å². The fourth-order valence-electron chi connectivity index (χ4n) is 4.02. The van der Waals surface area contributed by atoms with E-state index in [2.05, 4.69) is 0 Å². The maximum atomic E-state index is 13.5. The Hall–Kier alpha value is -3.36. The number of amides is 2. The van der Waals surface area contributed by atoms with Gasteiger partial charge in [-0.15, -0.1) is 0 Å². The zero-order valence-corrected chi connectivity index (χ0v) is 19.6. The van der Waals surface area contributed by atoms with Crippen LogP contribution in [0.25, 0.3) is 11.0 Å². The lowest BCUT2D eigenvalue weighted by Gasteiger charge is -2.25. The molecule has 9 heteroatoms. The molecule has 0 bridgehead atoms. The van der Waals surface area contributed by atoms with E-state index < -0.39 is 11.9 Å². The molecule has 178 valence electrons. The zero-order chi connectivity index (χ0) is 24.4. The highest BCUT2D eigenvalue weighted by molar-refractivity contribution is 6.31. The Labute approximate surface area is 201 Å². The van der Waals surface area contributed by atoms with Crippen LogP contribution in [0.15, 0.2) is 51.7 Å². The summed E-state index contributed by atoms with van der Waals surface area (Å²) in [5, 5.41) is 0.717. The van der Waals surface area contributed by atoms with Gasteiger partial charge in [0.25, 0.3) is 11.8 Å². The highest BCUT2D eigenvalue weighted by Crippen LogP contribution is 2.39. The van der Waals surface area contributed by atoms with E-state index in [0.29, 0.717) is 46.9 Å². The van der Waals surface area contributed by atoms with Crippen LogP contribution in [-0.2, 0) is 9.53 Å². The van der Waals surface area contributed by atoms with Crippen molar-refractivity contribution in [3.05, 3.63) is 74.6 Å². The van der Waals surface area contributed by atoms with Crippen LogP contribution in [-0.4, -0.2) is 42.6 Å². The van der Waals surface area contributed by atoms with Crippen molar-refractivity contribution in [2.45, 2.75) is 32.4 Å². The van der Waals surface area contributed by atoms with Crippen LogP contribution < -0.4 is 15.9 Å². The molecule has 1 aromatic heterocycles. The number of nitrogens with zero attached hydrogens (tertiary/aromatic N) is 1. The molecule has 0 spiro atoms. The average molecular weight is 485 g/mol. The standard InChI is InChI=1S/C25H25ClN2O6/c1-14(2)32-11-3-10-28-22(15-4-7-17(8-5-15)33-13-20(27)29)21-23(30)18-12-16(26)6-9-19(18)34-24(21)25(28)31/h4-9,12,14,22H,3,10-11,13H2,1-2H3,(H2,27,29). The van der Waals surface area contributed by atoms with Crippen molar-refractivity contribution >= 4 is 34.4 Å². The van der Waals surface area contributed by atoms with Gasteiger partial charge in [0.1, 0.15) is 11.3 Å². The molecule has 0 saturated heterocycles. The molecule has 2 amide bonds. The van der Waals surface area contributed by atoms with Gasteiger partial charge in [-0.05, 0) is 56.2 Å². The Bertz CT molecular complexity index is 1290. The minimum atomic E-state index is -0.647. The van der Waals surface area contributed by atoms with E-state index >= 15 is 0 Å². The van der Waals surface area contributed by atoms with Crippen molar-refractivity contribution in [1.29, 1.82) is 0 Å². The molecule has 2 aromatic carbocycles. The summed E-state index contributed by atoms with van der Waals surface area (Å²) < 4.78 is 16.9. The molecule has 0 radical (unpaired) electrons. The molecule has 2 N–H and O–H groups in total. The van der Waals surface area contributed by atoms with Crippen LogP contribution in [0.2, 0.25) is 5.02 Å². The summed E-state index contributed by atoms with van der Waals surface area (Å²) in [7, 11) is 0. The van der Waals surface area contributed by atoms with Gasteiger partial charge in [0, 0.05) is 18.2 Å². The van der Waals surface area contributed by atoms with Gasteiger partial charge in [0.05, 0.1) is 23.1 Å². The molecule has 0 fully saturated rings. The highest BCUT2D eigenvalue weighted by Gasteiger charge is 2.42. The minimum absolute atomic E-state index is 0.0312. The van der Waals surface area contributed by atoms with Crippen LogP contribution in [0, 0.1) is 0 Å². The topological polar surface area (TPSA) is 112 Å². The van der Waals surface area contributed by atoms with Crippen LogP contribution in [0.1, 0.15) is 48.0 Å². The molecule has 1 atom stereocenters. The van der Waals surface area contributed by atoms with Gasteiger partial charge in [0.15, 0.2) is 12.0 Å². The second-order valence-corrected chi connectivity index (χ2v) is 8.75. The largest absolute Gasteiger partial charge is 0.484 e. The van der Waals surface area contributed by atoms with Gasteiger partial charge < -0.3 is 24.5 Å². The fourth-order valence-corrected chi connectivity index (χ4v) is 4.20. The normalized spacial score (nSPS) is 15.2. The molecule has 8 nitrogen and oxygen atoms in total. The summed E-state index contributed by atoms with van der Waals surface area (Å²) in [6, 6.07) is 10.9. The second kappa shape index (κ2) is 9.87. The van der Waals surface area contributed by atoms with Gasteiger partial charge >= 0.3 is 0 Å². The number of nitrogens with two attached hydrogens (primary N) is 1. The summed E-state index contributed by atoms with van der Waals surface area (Å²) >= 11 is 6.11. The van der Waals surface area contributed by atoms with Crippen molar-refractivity contribution in [3.63, 3.8) is 0 Å². The van der Waals surface area contributed by atoms with Crippen molar-refractivity contribution in [1.82, 2.24) is 4.90 Å². The predicted molar refractivity (Wildman–Crippen MR) is 127 cm³/mol. The lowest BCUT2D eigenvalue weighted by Crippen LogP contribution is -2.31. The molecule has 4 rings (SSSR count). The van der Waals surface area contributed by atoms with Crippen molar-refractivity contribution in [2.75, 3.05) is 19.8 Å². The second-order valence-electron chi connectivity index (χ2n) is 8.31. The third kappa shape index (κ3) is 4.78. The molecule has 0 saturated carbocycles. The van der Waals surface area contributed by atoms with E-state index in [-0.39, 0.29) is 35.4 Å². The number of hydrogen-bond donors (Lipinski definition) is 1. The molecule has 34 heavy (non-hydrogen) atoms. The molecular weight excluding hydrogens is 460 g/mol. The van der Waals surface area contributed by atoms with Crippen molar-refractivity contribution in [3.8, 4) is 5.75 Å². The van der Waals surface area contributed by atoms with Gasteiger partial charge in [-0.1, -0.05) is 23.7 Å². The number of primary amides is 1. The molecule has 1 aliphatic rings. The Morgan fingerprint density at radius 2 is 1.91 bits per heavy atom. The van der Waals surface area contributed by atoms with Crippen LogP contribution in [0.4, 0.5) is 0 Å². The first-order valence-corrected chi connectivity index (χ1v) is 11.3. The number of carbonyl (C=O) groups is 2. The maximum Gasteiger partial charge on any atom is 0.290 e. The van der Waals surface area contributed by atoms with E-state index in [1.165, 1.54) is 0 Å². The van der Waals surface area contributed by atoms with Crippen LogP contribution in [0.3, 0.4) is 0 Å². The zero-order valence-electron chi connectivity index (χ0n) is 18.9. The lowest BCUT2D eigenvalue weighted by atomic mass is 9.98. The van der Waals surface area contributed by atoms with E-state index in [1.807, 2.05) is 13.8 Å². The first kappa shape index (κ1) is 23.8. The number of halogens is 1. The summed E-state index contributed by atoms with van der Waals surface area (Å²) in [5.41, 5.74) is 6.12. The Kier molecular flexibility index (Phi) is 6.90. The Morgan fingerprint density at radius 3 is 2.59 bits per heavy atom. The maximum absolute atomic E-state index is 13.5. The quantitative estimate of drug-likeness (QED) is 0.464. The highest BCUT2D eigenvalue weighted by atomic mass is 35.5. The minimum Gasteiger partial charge on any atom is -0.484 e. The smallest absolute Gasteiger partial charge is 0.290 e. The number of fused-ring (bicyclic) bond motifs is 2. The molecule has 1 unspecified atom stereocenters. The van der Waals surface area contributed by atoms with Crippen molar-refractivity contribution < 1.29 is 23.5 Å². The fraction of sp³-hybridized carbons (Fsp3) is 0.320. The first-order chi connectivity index (χ1) is 16.3. The van der Waals surface area contributed by atoms with Gasteiger partial charge in [0.2, 0.25) is 5.76 Å². The molecule has 2 heterocycles. The predicted octanol–water partition coefficient (Wildman–Crippen LogP) is 3.67. The Balaban J connectivity index is 1.75. The monoisotopic (exact) mass is 484 g/mol. The summed E-state index contributed by atoms with van der Waals surface area (Å²) in [5.74, 6) is -0.463. The SMILES string of the molecule is CC(C)OCCCN1C(=O)c2oc3ccc(Cl)cc3c(=O)c2C1c1ccc(OCC(N)=O)cc1. The third-order valence-corrected chi connectivity index (χ3v) is 5.73. The van der Waals surface area contributed by atoms with E-state index in [9.17, 15) is 14.4 Å². The van der Waals surface area contributed by atoms with Crippen LogP contribution >= 0.6 is 11.6 Å². The number of hydrogen-bond acceptors (Lipinski definition) is 6. The number of rotatable bonds is 9. The number of benzene rings is 2. The van der Waals surface area contributed by atoms with E-state index in [0.717, 1.165) is 0 Å². The molecule has 0 aliphatic carbocycles. The summed E-state index contributed by atoms with van der Waals surface area (Å²) in [6.07, 6.45) is 0.668. The molecular formula is C25H25ClN2O6. The summed E-state index contributed by atoms with van der Waals surface area (Å²) in [4.78, 5) is 39.5. The lowest BCUT2D eigenvalue weighted by molar-refractivity contribution is -0.119. The van der Waals surface area contributed by atoms with Gasteiger partial charge in [-0.2, -0.15) is 0 Å². The Morgan fingerprint density at radius 1 is 1.18 bits per heavy atom. The molecule has 1 aliphatic heterocycles. The van der Waals surface area contributed by atoms with E-state index in [4.69, 9.17) is 31.2 Å². The van der Waals surface area contributed by atoms with Crippen LogP contribution in [0.5, 0.6) is 5.75 Å². The van der Waals surface area contributed by atoms with Crippen molar-refractivity contribution in [2.24, 2.45) is 5.73 Å². The first-order valence-electron chi connectivity index (χ1n) is 11.0. The molecule has 3 aromatic rings. The number of ether oxygens (including phenoxy) is 2. The van der Waals surface area contributed by atoms with E-state index in [1.54, 1.807) is 47.4 Å². The summed E-state index contributed by atoms with van der Waals surface area (Å²) in [6.45, 7) is 4.49. The third-order valence-electron chi connectivity index (χ3n) is 5.50.